The number of nitrogens with one attached hydrogen (secondary N) is 1. The van der Waals surface area contributed by atoms with Gasteiger partial charge in [-0.15, -0.1) is 0 Å². The van der Waals surface area contributed by atoms with E-state index in [0.717, 1.165) is 33.7 Å². The average molecular weight is 405 g/mol. The molecule has 0 heterocycles. The Hall–Kier alpha value is -0.0600. The van der Waals surface area contributed by atoms with Crippen molar-refractivity contribution in [3.63, 3.8) is 0 Å². The first-order valence-electron chi connectivity index (χ1n) is 7.43. The van der Waals surface area contributed by atoms with Gasteiger partial charge in [-0.25, -0.2) is 0 Å². The van der Waals surface area contributed by atoms with Gasteiger partial charge in [-0.3, -0.25) is 0 Å². The second-order valence-corrected chi connectivity index (χ2v) is 7.32. The summed E-state index contributed by atoms with van der Waals surface area (Å²) in [4.78, 5) is 0. The fraction of sp³-hybridized carbons (Fsp3) is 0.625. The van der Waals surface area contributed by atoms with Crippen LogP contribution in [-0.4, -0.2) is 13.7 Å². The molecule has 0 saturated heterocycles. The van der Waals surface area contributed by atoms with E-state index in [1.807, 2.05) is 6.07 Å². The predicted octanol–water partition coefficient (Wildman–Crippen LogP) is 5.28. The van der Waals surface area contributed by atoms with Gasteiger partial charge in [0, 0.05) is 16.6 Å². The van der Waals surface area contributed by atoms with Gasteiger partial charge >= 0.3 is 0 Å². The summed E-state index contributed by atoms with van der Waals surface area (Å²) < 4.78 is 7.54. The van der Waals surface area contributed by atoms with Gasteiger partial charge < -0.3 is 10.1 Å². The maximum Gasteiger partial charge on any atom is 0.137 e. The number of rotatable bonds is 7. The number of ether oxygens (including phenoxy) is 1. The Morgan fingerprint density at radius 2 is 2.00 bits per heavy atom. The van der Waals surface area contributed by atoms with Gasteiger partial charge in [0.15, 0.2) is 0 Å². The van der Waals surface area contributed by atoms with E-state index in [1.165, 1.54) is 44.1 Å². The molecule has 0 atom stereocenters. The highest BCUT2D eigenvalue weighted by molar-refractivity contribution is 9.11. The largest absolute Gasteiger partial charge is 0.495 e. The van der Waals surface area contributed by atoms with Gasteiger partial charge in [0.1, 0.15) is 5.75 Å². The molecule has 1 aliphatic rings. The zero-order chi connectivity index (χ0) is 14.4. The van der Waals surface area contributed by atoms with E-state index in [0.29, 0.717) is 0 Å². The van der Waals surface area contributed by atoms with E-state index in [1.54, 1.807) is 7.11 Å². The van der Waals surface area contributed by atoms with Crippen LogP contribution in [0.15, 0.2) is 21.1 Å². The van der Waals surface area contributed by atoms with Gasteiger partial charge in [0.25, 0.3) is 0 Å². The van der Waals surface area contributed by atoms with Gasteiger partial charge in [0.05, 0.1) is 11.6 Å². The van der Waals surface area contributed by atoms with Gasteiger partial charge in [0.2, 0.25) is 0 Å². The van der Waals surface area contributed by atoms with Crippen molar-refractivity contribution in [3.05, 3.63) is 26.6 Å². The second kappa shape index (κ2) is 8.40. The van der Waals surface area contributed by atoms with E-state index in [-0.39, 0.29) is 0 Å². The lowest BCUT2D eigenvalue weighted by molar-refractivity contribution is 0.404. The Morgan fingerprint density at radius 3 is 2.70 bits per heavy atom. The molecule has 1 saturated carbocycles. The molecule has 0 aromatic heterocycles. The molecule has 1 aromatic carbocycles. The summed E-state index contributed by atoms with van der Waals surface area (Å²) in [5.41, 5.74) is 1.19. The number of halogens is 2. The van der Waals surface area contributed by atoms with Crippen LogP contribution in [0.5, 0.6) is 5.75 Å². The quantitative estimate of drug-likeness (QED) is 0.624. The molecule has 1 aliphatic carbocycles. The molecule has 0 bridgehead atoms. The smallest absolute Gasteiger partial charge is 0.137 e. The summed E-state index contributed by atoms with van der Waals surface area (Å²) in [6.45, 7) is 1.94. The number of hydrogen-bond acceptors (Lipinski definition) is 2. The summed E-state index contributed by atoms with van der Waals surface area (Å²) >= 11 is 7.07. The molecular formula is C16H23Br2NO. The van der Waals surface area contributed by atoms with Gasteiger partial charge in [-0.1, -0.05) is 41.6 Å². The summed E-state index contributed by atoms with van der Waals surface area (Å²) in [6.07, 6.45) is 8.45. The molecular weight excluding hydrogens is 382 g/mol. The van der Waals surface area contributed by atoms with Crippen molar-refractivity contribution >= 4 is 31.9 Å². The molecule has 20 heavy (non-hydrogen) atoms. The molecule has 1 fully saturated rings. The van der Waals surface area contributed by atoms with Crippen LogP contribution >= 0.6 is 31.9 Å². The SMILES string of the molecule is COc1c(Br)cc(Br)cc1CNCCCC1CCCC1. The van der Waals surface area contributed by atoms with Crippen LogP contribution in [0.1, 0.15) is 44.1 Å². The molecule has 112 valence electrons. The number of hydrogen-bond donors (Lipinski definition) is 1. The van der Waals surface area contributed by atoms with E-state index in [9.17, 15) is 0 Å². The molecule has 0 aliphatic heterocycles. The molecule has 4 heteroatoms. The molecule has 2 nitrogen and oxygen atoms in total. The maximum absolute atomic E-state index is 5.46. The van der Waals surface area contributed by atoms with Gasteiger partial charge in [-0.05, 0) is 53.4 Å². The molecule has 2 rings (SSSR count). The van der Waals surface area contributed by atoms with Crippen LogP contribution in [-0.2, 0) is 6.54 Å². The van der Waals surface area contributed by atoms with Crippen molar-refractivity contribution in [1.29, 1.82) is 0 Å². The number of benzene rings is 1. The van der Waals surface area contributed by atoms with Crippen LogP contribution in [0, 0.1) is 5.92 Å². The van der Waals surface area contributed by atoms with Crippen molar-refractivity contribution in [2.24, 2.45) is 5.92 Å². The van der Waals surface area contributed by atoms with Crippen LogP contribution < -0.4 is 10.1 Å². The highest BCUT2D eigenvalue weighted by Crippen LogP contribution is 2.32. The van der Waals surface area contributed by atoms with Gasteiger partial charge in [-0.2, -0.15) is 0 Å². The molecule has 0 spiro atoms. The first kappa shape index (κ1) is 16.3. The lowest BCUT2D eigenvalue weighted by atomic mass is 10.0. The van der Waals surface area contributed by atoms with Crippen LogP contribution in [0.3, 0.4) is 0 Å². The third-order valence-corrected chi connectivity index (χ3v) is 5.09. The summed E-state index contributed by atoms with van der Waals surface area (Å²) in [6, 6.07) is 4.13. The van der Waals surface area contributed by atoms with Crippen molar-refractivity contribution in [2.45, 2.75) is 45.1 Å². The third kappa shape index (κ3) is 4.74. The zero-order valence-corrected chi connectivity index (χ0v) is 15.2. The Morgan fingerprint density at radius 1 is 1.25 bits per heavy atom. The fourth-order valence-electron chi connectivity index (χ4n) is 3.01. The van der Waals surface area contributed by atoms with Crippen molar-refractivity contribution in [3.8, 4) is 5.75 Å². The monoisotopic (exact) mass is 403 g/mol. The Bertz CT molecular complexity index is 431. The minimum atomic E-state index is 0.853. The molecule has 1 aromatic rings. The highest BCUT2D eigenvalue weighted by atomic mass is 79.9. The minimum absolute atomic E-state index is 0.853. The maximum atomic E-state index is 5.46. The van der Waals surface area contributed by atoms with Crippen LogP contribution in [0.25, 0.3) is 0 Å². The molecule has 0 amide bonds. The van der Waals surface area contributed by atoms with E-state index in [2.05, 4.69) is 43.2 Å². The number of methoxy groups -OCH3 is 1. The average Bonchev–Trinajstić information content (AvgIpc) is 2.91. The lowest BCUT2D eigenvalue weighted by Crippen LogP contribution is -2.16. The molecule has 0 radical (unpaired) electrons. The van der Waals surface area contributed by atoms with Crippen molar-refractivity contribution in [2.75, 3.05) is 13.7 Å². The minimum Gasteiger partial charge on any atom is -0.495 e. The standard InChI is InChI=1S/C16H23Br2NO/c1-20-16-13(9-14(17)10-15(16)18)11-19-8-4-7-12-5-2-3-6-12/h9-10,12,19H,2-8,11H2,1H3. The zero-order valence-electron chi connectivity index (χ0n) is 12.1. The lowest BCUT2D eigenvalue weighted by Gasteiger charge is -2.13. The van der Waals surface area contributed by atoms with Crippen molar-refractivity contribution < 1.29 is 4.74 Å². The van der Waals surface area contributed by atoms with E-state index >= 15 is 0 Å². The second-order valence-electron chi connectivity index (χ2n) is 5.55. The van der Waals surface area contributed by atoms with Crippen molar-refractivity contribution in [1.82, 2.24) is 5.32 Å². The van der Waals surface area contributed by atoms with E-state index in [4.69, 9.17) is 4.74 Å². The van der Waals surface area contributed by atoms with Crippen LogP contribution in [0.2, 0.25) is 0 Å². The first-order valence-corrected chi connectivity index (χ1v) is 9.02. The normalized spacial score (nSPS) is 15.8. The van der Waals surface area contributed by atoms with E-state index < -0.39 is 0 Å². The third-order valence-electron chi connectivity index (χ3n) is 4.05. The Kier molecular flexibility index (Phi) is 6.85. The topological polar surface area (TPSA) is 21.3 Å². The molecule has 1 N–H and O–H groups in total. The highest BCUT2D eigenvalue weighted by Gasteiger charge is 2.14. The summed E-state index contributed by atoms with van der Waals surface area (Å²) in [7, 11) is 1.72. The molecule has 0 unspecified atom stereocenters. The Labute approximate surface area is 138 Å². The predicted molar refractivity (Wildman–Crippen MR) is 91.3 cm³/mol. The van der Waals surface area contributed by atoms with Crippen LogP contribution in [0.4, 0.5) is 0 Å². The first-order chi connectivity index (χ1) is 9.70. The fourth-order valence-corrected chi connectivity index (χ4v) is 4.49. The summed E-state index contributed by atoms with van der Waals surface area (Å²) in [5.74, 6) is 1.92. The Balaban J connectivity index is 1.75. The summed E-state index contributed by atoms with van der Waals surface area (Å²) in [5, 5.41) is 3.53.